The molecule has 0 aliphatic carbocycles. The van der Waals surface area contributed by atoms with E-state index in [9.17, 15) is 0 Å². The van der Waals surface area contributed by atoms with E-state index in [1.54, 1.807) is 12.3 Å². The second-order valence-electron chi connectivity index (χ2n) is 3.90. The van der Waals surface area contributed by atoms with Gasteiger partial charge >= 0.3 is 7.12 Å². The minimum atomic E-state index is -1.43. The standard InChI is InChI=1S/C10H15BN2O2/c14-11(15)9-6-10(8-12-7-9)13-4-2-1-3-5-13/h6-8,14-15H,1-5H2. The van der Waals surface area contributed by atoms with Gasteiger partial charge < -0.3 is 14.9 Å². The molecule has 80 valence electrons. The van der Waals surface area contributed by atoms with Gasteiger partial charge in [0.15, 0.2) is 0 Å². The molecule has 1 aliphatic heterocycles. The summed E-state index contributed by atoms with van der Waals surface area (Å²) in [5, 5.41) is 18.1. The summed E-state index contributed by atoms with van der Waals surface area (Å²) in [5.74, 6) is 0. The molecule has 5 heteroatoms. The summed E-state index contributed by atoms with van der Waals surface area (Å²) in [4.78, 5) is 6.26. The van der Waals surface area contributed by atoms with Crippen LogP contribution in [0, 0.1) is 0 Å². The quantitative estimate of drug-likeness (QED) is 0.655. The lowest BCUT2D eigenvalue weighted by molar-refractivity contribution is 0.425. The van der Waals surface area contributed by atoms with Gasteiger partial charge in [-0.1, -0.05) is 0 Å². The Bertz CT molecular complexity index is 327. The van der Waals surface area contributed by atoms with Gasteiger partial charge in [-0.3, -0.25) is 4.98 Å². The van der Waals surface area contributed by atoms with Crippen LogP contribution in [0.15, 0.2) is 18.5 Å². The molecule has 0 aromatic carbocycles. The molecule has 0 amide bonds. The minimum Gasteiger partial charge on any atom is -0.423 e. The molecule has 15 heavy (non-hydrogen) atoms. The summed E-state index contributed by atoms with van der Waals surface area (Å²) in [5.41, 5.74) is 1.44. The predicted octanol–water partition coefficient (Wildman–Crippen LogP) is -0.248. The van der Waals surface area contributed by atoms with Crippen molar-refractivity contribution in [2.45, 2.75) is 19.3 Å². The first kappa shape index (κ1) is 10.5. The van der Waals surface area contributed by atoms with Crippen LogP contribution in [0.2, 0.25) is 0 Å². The van der Waals surface area contributed by atoms with Crippen molar-refractivity contribution in [3.63, 3.8) is 0 Å². The second kappa shape index (κ2) is 4.64. The third kappa shape index (κ3) is 2.49. The normalized spacial score (nSPS) is 16.5. The van der Waals surface area contributed by atoms with Crippen LogP contribution in [0.5, 0.6) is 0 Å². The Morgan fingerprint density at radius 1 is 1.13 bits per heavy atom. The van der Waals surface area contributed by atoms with Crippen LogP contribution in [0.3, 0.4) is 0 Å². The maximum Gasteiger partial charge on any atom is 0.490 e. The van der Waals surface area contributed by atoms with Crippen LogP contribution in [0.25, 0.3) is 0 Å². The Hall–Kier alpha value is -1.07. The van der Waals surface area contributed by atoms with E-state index < -0.39 is 7.12 Å². The Morgan fingerprint density at radius 2 is 1.87 bits per heavy atom. The van der Waals surface area contributed by atoms with Gasteiger partial charge in [0.1, 0.15) is 0 Å². The second-order valence-corrected chi connectivity index (χ2v) is 3.90. The zero-order valence-electron chi connectivity index (χ0n) is 8.63. The lowest BCUT2D eigenvalue weighted by Gasteiger charge is -2.28. The van der Waals surface area contributed by atoms with Crippen molar-refractivity contribution in [2.75, 3.05) is 18.0 Å². The Morgan fingerprint density at radius 3 is 2.53 bits per heavy atom. The third-order valence-electron chi connectivity index (χ3n) is 2.76. The zero-order chi connectivity index (χ0) is 10.7. The van der Waals surface area contributed by atoms with Gasteiger partial charge in [-0.15, -0.1) is 0 Å². The summed E-state index contributed by atoms with van der Waals surface area (Å²) in [7, 11) is -1.43. The fraction of sp³-hybridized carbons (Fsp3) is 0.500. The van der Waals surface area contributed by atoms with E-state index in [1.807, 2.05) is 0 Å². The average Bonchev–Trinajstić information content (AvgIpc) is 2.30. The maximum atomic E-state index is 9.04. The summed E-state index contributed by atoms with van der Waals surface area (Å²) in [6.45, 7) is 2.07. The molecule has 0 unspecified atom stereocenters. The molecule has 2 N–H and O–H groups in total. The van der Waals surface area contributed by atoms with Crippen molar-refractivity contribution in [2.24, 2.45) is 0 Å². The fourth-order valence-corrected chi connectivity index (χ4v) is 1.91. The van der Waals surface area contributed by atoms with Crippen LogP contribution in [0.4, 0.5) is 5.69 Å². The van der Waals surface area contributed by atoms with Gasteiger partial charge in [0, 0.05) is 24.7 Å². The first-order valence-corrected chi connectivity index (χ1v) is 5.33. The van der Waals surface area contributed by atoms with E-state index in [2.05, 4.69) is 9.88 Å². The number of aromatic nitrogens is 1. The molecular formula is C10H15BN2O2. The number of rotatable bonds is 2. The van der Waals surface area contributed by atoms with Gasteiger partial charge in [0.25, 0.3) is 0 Å². The summed E-state index contributed by atoms with van der Waals surface area (Å²) in [6, 6.07) is 1.79. The molecule has 1 aromatic heterocycles. The molecule has 0 spiro atoms. The first-order valence-electron chi connectivity index (χ1n) is 5.33. The van der Waals surface area contributed by atoms with Gasteiger partial charge in [-0.2, -0.15) is 0 Å². The van der Waals surface area contributed by atoms with Crippen molar-refractivity contribution in [1.29, 1.82) is 0 Å². The highest BCUT2D eigenvalue weighted by atomic mass is 16.4. The highest BCUT2D eigenvalue weighted by Crippen LogP contribution is 2.17. The lowest BCUT2D eigenvalue weighted by Crippen LogP contribution is -2.34. The number of hydrogen-bond donors (Lipinski definition) is 2. The SMILES string of the molecule is OB(O)c1cncc(N2CCCCC2)c1. The largest absolute Gasteiger partial charge is 0.490 e. The Balaban J connectivity index is 2.16. The highest BCUT2D eigenvalue weighted by Gasteiger charge is 2.15. The number of anilines is 1. The van der Waals surface area contributed by atoms with Crippen molar-refractivity contribution in [1.82, 2.24) is 4.98 Å². The maximum absolute atomic E-state index is 9.04. The Labute approximate surface area is 89.7 Å². The van der Waals surface area contributed by atoms with Crippen LogP contribution in [-0.2, 0) is 0 Å². The highest BCUT2D eigenvalue weighted by molar-refractivity contribution is 6.58. The van der Waals surface area contributed by atoms with Crippen LogP contribution < -0.4 is 10.4 Å². The monoisotopic (exact) mass is 206 g/mol. The van der Waals surface area contributed by atoms with E-state index in [-0.39, 0.29) is 0 Å². The predicted molar refractivity (Wildman–Crippen MR) is 60.1 cm³/mol. The van der Waals surface area contributed by atoms with Gasteiger partial charge in [-0.25, -0.2) is 0 Å². The van der Waals surface area contributed by atoms with E-state index in [0.717, 1.165) is 18.8 Å². The zero-order valence-corrected chi connectivity index (χ0v) is 8.63. The van der Waals surface area contributed by atoms with E-state index >= 15 is 0 Å². The number of piperidine rings is 1. The van der Waals surface area contributed by atoms with Gasteiger partial charge in [0.2, 0.25) is 0 Å². The molecule has 0 saturated carbocycles. The molecule has 2 heterocycles. The molecule has 1 aliphatic rings. The molecule has 0 atom stereocenters. The average molecular weight is 206 g/mol. The smallest absolute Gasteiger partial charge is 0.423 e. The molecule has 0 radical (unpaired) electrons. The van der Waals surface area contributed by atoms with Crippen LogP contribution in [0.1, 0.15) is 19.3 Å². The van der Waals surface area contributed by atoms with E-state index in [4.69, 9.17) is 10.0 Å². The summed E-state index contributed by atoms with van der Waals surface area (Å²) < 4.78 is 0. The van der Waals surface area contributed by atoms with E-state index in [1.165, 1.54) is 25.5 Å². The minimum absolute atomic E-state index is 0.457. The molecule has 1 saturated heterocycles. The van der Waals surface area contributed by atoms with Crippen molar-refractivity contribution in [3.8, 4) is 0 Å². The number of hydrogen-bond acceptors (Lipinski definition) is 4. The molecule has 2 rings (SSSR count). The van der Waals surface area contributed by atoms with Crippen LogP contribution >= 0.6 is 0 Å². The molecule has 4 nitrogen and oxygen atoms in total. The Kier molecular flexibility index (Phi) is 3.23. The molecule has 1 aromatic rings. The van der Waals surface area contributed by atoms with Gasteiger partial charge in [-0.05, 0) is 25.3 Å². The van der Waals surface area contributed by atoms with Crippen LogP contribution in [-0.4, -0.2) is 35.2 Å². The third-order valence-corrected chi connectivity index (χ3v) is 2.76. The van der Waals surface area contributed by atoms with Crippen molar-refractivity contribution in [3.05, 3.63) is 18.5 Å². The molecular weight excluding hydrogens is 191 g/mol. The first-order chi connectivity index (χ1) is 7.27. The summed E-state index contributed by atoms with van der Waals surface area (Å²) >= 11 is 0. The van der Waals surface area contributed by atoms with Crippen molar-refractivity contribution >= 4 is 18.3 Å². The number of pyridine rings is 1. The topological polar surface area (TPSA) is 56.6 Å². The van der Waals surface area contributed by atoms with Gasteiger partial charge in [0.05, 0.1) is 11.9 Å². The molecule has 1 fully saturated rings. The molecule has 0 bridgehead atoms. The summed E-state index contributed by atoms with van der Waals surface area (Å²) in [6.07, 6.45) is 6.94. The number of nitrogens with zero attached hydrogens (tertiary/aromatic N) is 2. The van der Waals surface area contributed by atoms with Crippen molar-refractivity contribution < 1.29 is 10.0 Å². The van der Waals surface area contributed by atoms with E-state index in [0.29, 0.717) is 5.46 Å². The fourth-order valence-electron chi connectivity index (χ4n) is 1.91. The lowest BCUT2D eigenvalue weighted by atomic mass is 9.81.